The number of carbonyl (C=O) groups is 1. The molecule has 0 fully saturated rings. The summed E-state index contributed by atoms with van der Waals surface area (Å²) in [5, 5.41) is 22.2. The molecule has 0 bridgehead atoms. The summed E-state index contributed by atoms with van der Waals surface area (Å²) in [6, 6.07) is 13.2. The molecule has 0 aliphatic carbocycles. The van der Waals surface area contributed by atoms with E-state index < -0.39 is 11.9 Å². The van der Waals surface area contributed by atoms with E-state index in [1.807, 2.05) is 12.1 Å². The highest BCUT2D eigenvalue weighted by Crippen LogP contribution is 2.27. The second kappa shape index (κ2) is 8.34. The number of nitrogens with one attached hydrogen (secondary N) is 3. The van der Waals surface area contributed by atoms with Crippen molar-refractivity contribution >= 4 is 40.4 Å². The van der Waals surface area contributed by atoms with E-state index in [0.29, 0.717) is 28.7 Å². The van der Waals surface area contributed by atoms with Gasteiger partial charge < -0.3 is 15.4 Å². The summed E-state index contributed by atoms with van der Waals surface area (Å²) in [4.78, 5) is 19.9. The Morgan fingerprint density at radius 3 is 2.74 bits per heavy atom. The van der Waals surface area contributed by atoms with Gasteiger partial charge in [-0.05, 0) is 30.3 Å². The van der Waals surface area contributed by atoms with Crippen LogP contribution in [-0.4, -0.2) is 32.8 Å². The van der Waals surface area contributed by atoms with E-state index in [2.05, 4.69) is 35.8 Å². The van der Waals surface area contributed by atoms with Crippen LogP contribution in [0.1, 0.15) is 5.69 Å². The van der Waals surface area contributed by atoms with Gasteiger partial charge in [-0.25, -0.2) is 19.2 Å². The van der Waals surface area contributed by atoms with Crippen LogP contribution in [-0.2, 0) is 4.74 Å². The van der Waals surface area contributed by atoms with Gasteiger partial charge in [-0.1, -0.05) is 6.07 Å². The third kappa shape index (κ3) is 4.18. The van der Waals surface area contributed by atoms with E-state index in [1.54, 1.807) is 24.4 Å². The fourth-order valence-electron chi connectivity index (χ4n) is 2.78. The van der Waals surface area contributed by atoms with Crippen LogP contribution in [0.5, 0.6) is 0 Å². The zero-order valence-corrected chi connectivity index (χ0v) is 16.1. The third-order valence-electron chi connectivity index (χ3n) is 4.17. The first-order valence-electron chi connectivity index (χ1n) is 8.96. The van der Waals surface area contributed by atoms with Gasteiger partial charge in [0.15, 0.2) is 17.2 Å². The number of benzene rings is 1. The number of amides is 1. The molecule has 0 saturated carbocycles. The maximum atomic E-state index is 14.0. The molecule has 1 amide bonds. The highest BCUT2D eigenvalue weighted by molar-refractivity contribution is 5.86. The molecule has 0 aliphatic heterocycles. The molecule has 3 aromatic heterocycles. The Hall–Kier alpha value is -4.72. The second-order valence-corrected chi connectivity index (χ2v) is 6.21. The van der Waals surface area contributed by atoms with Crippen molar-refractivity contribution < 1.29 is 13.9 Å². The van der Waals surface area contributed by atoms with Gasteiger partial charge in [0.25, 0.3) is 0 Å². The molecular formula is C20H15FN8O2. The van der Waals surface area contributed by atoms with Crippen molar-refractivity contribution in [3.63, 3.8) is 0 Å². The second-order valence-electron chi connectivity index (χ2n) is 6.21. The van der Waals surface area contributed by atoms with Crippen LogP contribution in [0.15, 0.2) is 54.9 Å². The fraction of sp³-hybridized carbons (Fsp3) is 0.0500. The summed E-state index contributed by atoms with van der Waals surface area (Å²) in [7, 11) is 1.18. The number of ether oxygens (including phenoxy) is 1. The normalized spacial score (nSPS) is 10.4. The molecule has 0 atom stereocenters. The predicted molar refractivity (Wildman–Crippen MR) is 111 cm³/mol. The smallest absolute Gasteiger partial charge is 0.411 e. The van der Waals surface area contributed by atoms with Crippen LogP contribution in [0.3, 0.4) is 0 Å². The monoisotopic (exact) mass is 418 g/mol. The lowest BCUT2D eigenvalue weighted by atomic mass is 10.2. The number of hydrogen-bond donors (Lipinski definition) is 3. The SMILES string of the molecule is COC(=O)Nc1cc(Nc2cc(Nc3ccccn3)c3ncc(C#N)n3n2)ccc1F. The lowest BCUT2D eigenvalue weighted by molar-refractivity contribution is 0.187. The van der Waals surface area contributed by atoms with Gasteiger partial charge in [-0.3, -0.25) is 5.32 Å². The highest BCUT2D eigenvalue weighted by Gasteiger charge is 2.13. The number of rotatable bonds is 5. The lowest BCUT2D eigenvalue weighted by Crippen LogP contribution is -2.12. The molecule has 154 valence electrons. The number of fused-ring (bicyclic) bond motifs is 1. The minimum Gasteiger partial charge on any atom is -0.453 e. The summed E-state index contributed by atoms with van der Waals surface area (Å²) < 4.78 is 19.9. The summed E-state index contributed by atoms with van der Waals surface area (Å²) in [6.07, 6.45) is 2.25. The van der Waals surface area contributed by atoms with Crippen molar-refractivity contribution in [3.8, 4) is 6.07 Å². The molecule has 0 saturated heterocycles. The lowest BCUT2D eigenvalue weighted by Gasteiger charge is -2.12. The van der Waals surface area contributed by atoms with Crippen molar-refractivity contribution in [1.82, 2.24) is 19.6 Å². The average Bonchev–Trinajstić information content (AvgIpc) is 3.20. The molecule has 4 aromatic rings. The van der Waals surface area contributed by atoms with Crippen LogP contribution in [0, 0.1) is 17.1 Å². The van der Waals surface area contributed by atoms with Crippen molar-refractivity contribution in [3.05, 3.63) is 66.4 Å². The molecule has 3 N–H and O–H groups in total. The zero-order chi connectivity index (χ0) is 21.8. The maximum absolute atomic E-state index is 14.0. The van der Waals surface area contributed by atoms with E-state index in [4.69, 9.17) is 0 Å². The van der Waals surface area contributed by atoms with Crippen LogP contribution >= 0.6 is 0 Å². The number of imidazole rings is 1. The van der Waals surface area contributed by atoms with Crippen LogP contribution < -0.4 is 16.0 Å². The molecule has 31 heavy (non-hydrogen) atoms. The number of halogens is 1. The Kier molecular flexibility index (Phi) is 5.27. The molecule has 0 aliphatic rings. The minimum absolute atomic E-state index is 0.0647. The van der Waals surface area contributed by atoms with Crippen molar-refractivity contribution in [1.29, 1.82) is 5.26 Å². The van der Waals surface area contributed by atoms with Gasteiger partial charge in [-0.2, -0.15) is 9.78 Å². The summed E-state index contributed by atoms with van der Waals surface area (Å²) in [5.74, 6) is 0.295. The molecular weight excluding hydrogens is 403 g/mol. The number of nitrogens with zero attached hydrogens (tertiary/aromatic N) is 5. The van der Waals surface area contributed by atoms with E-state index in [9.17, 15) is 14.4 Å². The van der Waals surface area contributed by atoms with Crippen molar-refractivity contribution in [2.75, 3.05) is 23.1 Å². The first-order chi connectivity index (χ1) is 15.1. The van der Waals surface area contributed by atoms with Gasteiger partial charge in [0.1, 0.15) is 17.7 Å². The van der Waals surface area contributed by atoms with Gasteiger partial charge in [-0.15, -0.1) is 5.10 Å². The topological polar surface area (TPSA) is 129 Å². The third-order valence-corrected chi connectivity index (χ3v) is 4.17. The molecule has 0 radical (unpaired) electrons. The van der Waals surface area contributed by atoms with Gasteiger partial charge in [0, 0.05) is 18.0 Å². The largest absolute Gasteiger partial charge is 0.453 e. The van der Waals surface area contributed by atoms with E-state index in [1.165, 1.54) is 36.0 Å². The highest BCUT2D eigenvalue weighted by atomic mass is 19.1. The number of hydrogen-bond acceptors (Lipinski definition) is 8. The van der Waals surface area contributed by atoms with E-state index in [0.717, 1.165) is 0 Å². The number of anilines is 5. The summed E-state index contributed by atoms with van der Waals surface area (Å²) in [6.45, 7) is 0. The number of carbonyl (C=O) groups excluding carboxylic acids is 1. The summed E-state index contributed by atoms with van der Waals surface area (Å²) >= 11 is 0. The van der Waals surface area contributed by atoms with E-state index >= 15 is 0 Å². The average molecular weight is 418 g/mol. The Morgan fingerprint density at radius 1 is 1.13 bits per heavy atom. The molecule has 0 spiro atoms. The number of pyridine rings is 1. The Bertz CT molecular complexity index is 1300. The molecule has 3 heterocycles. The van der Waals surface area contributed by atoms with Crippen molar-refractivity contribution in [2.45, 2.75) is 0 Å². The van der Waals surface area contributed by atoms with E-state index in [-0.39, 0.29) is 11.4 Å². The first kappa shape index (κ1) is 19.6. The Morgan fingerprint density at radius 2 is 2.00 bits per heavy atom. The molecule has 1 aromatic carbocycles. The van der Waals surface area contributed by atoms with Gasteiger partial charge in [0.05, 0.1) is 24.7 Å². The Balaban J connectivity index is 1.72. The predicted octanol–water partition coefficient (Wildman–Crippen LogP) is 3.80. The minimum atomic E-state index is -0.797. The first-order valence-corrected chi connectivity index (χ1v) is 8.96. The quantitative estimate of drug-likeness (QED) is 0.446. The maximum Gasteiger partial charge on any atom is 0.411 e. The van der Waals surface area contributed by atoms with Crippen LogP contribution in [0.4, 0.5) is 37.9 Å². The van der Waals surface area contributed by atoms with Gasteiger partial charge in [0.2, 0.25) is 0 Å². The van der Waals surface area contributed by atoms with Gasteiger partial charge >= 0.3 is 6.09 Å². The number of methoxy groups -OCH3 is 1. The molecule has 0 unspecified atom stereocenters. The van der Waals surface area contributed by atoms with Crippen LogP contribution in [0.25, 0.3) is 5.65 Å². The number of nitriles is 1. The summed E-state index contributed by atoms with van der Waals surface area (Å²) in [5.41, 5.74) is 1.59. The Labute approximate surface area is 175 Å². The molecule has 11 heteroatoms. The molecule has 10 nitrogen and oxygen atoms in total. The van der Waals surface area contributed by atoms with Crippen molar-refractivity contribution in [2.24, 2.45) is 0 Å². The van der Waals surface area contributed by atoms with Crippen LogP contribution in [0.2, 0.25) is 0 Å². The standard InChI is InChI=1S/C20H15FN8O2/c1-31-20(30)27-15-8-12(5-6-14(15)21)25-18-9-16(26-17-4-2-3-7-23-17)19-24-11-13(10-22)29(19)28-18/h2-9,11H,1H3,(H,23,26)(H,25,28)(H,27,30). The number of aromatic nitrogens is 4. The fourth-order valence-corrected chi connectivity index (χ4v) is 2.78. The zero-order valence-electron chi connectivity index (χ0n) is 16.1. The molecule has 4 rings (SSSR count).